The molecule has 0 saturated heterocycles. The van der Waals surface area contributed by atoms with Crippen molar-refractivity contribution < 1.29 is 23.5 Å². The molecule has 0 unspecified atom stereocenters. The van der Waals surface area contributed by atoms with Crippen molar-refractivity contribution in [3.8, 4) is 28.0 Å². The molecule has 0 bridgehead atoms. The van der Waals surface area contributed by atoms with Crippen LogP contribution in [0.4, 0.5) is 5.69 Å². The van der Waals surface area contributed by atoms with Crippen molar-refractivity contribution in [2.75, 3.05) is 26.6 Å². The van der Waals surface area contributed by atoms with Crippen molar-refractivity contribution in [3.05, 3.63) is 41.0 Å². The minimum Gasteiger partial charge on any atom is -0.493 e. The summed E-state index contributed by atoms with van der Waals surface area (Å²) in [5, 5.41) is 8.43. The molecule has 0 aliphatic carbocycles. The molecule has 0 aliphatic rings. The molecular formula is C19H19N3O5S. The first-order valence-electron chi connectivity index (χ1n) is 8.23. The number of amides is 1. The van der Waals surface area contributed by atoms with E-state index in [1.165, 1.54) is 38.7 Å². The van der Waals surface area contributed by atoms with Gasteiger partial charge in [0, 0.05) is 6.08 Å². The minimum atomic E-state index is -0.301. The van der Waals surface area contributed by atoms with E-state index in [0.717, 1.165) is 5.56 Å². The Morgan fingerprint density at radius 3 is 2.46 bits per heavy atom. The lowest BCUT2D eigenvalue weighted by molar-refractivity contribution is -0.111. The van der Waals surface area contributed by atoms with E-state index in [2.05, 4.69) is 15.5 Å². The molecule has 9 heteroatoms. The number of methoxy groups -OCH3 is 3. The lowest BCUT2D eigenvalue weighted by Crippen LogP contribution is -2.07. The number of aromatic nitrogens is 2. The molecule has 0 spiro atoms. The van der Waals surface area contributed by atoms with Crippen molar-refractivity contribution >= 4 is 29.0 Å². The lowest BCUT2D eigenvalue weighted by Gasteiger charge is -2.12. The SMILES string of the molecule is COc1cc(/C=C/C(=O)Nc2ccsc2-c2nc(C)no2)cc(OC)c1OC. The van der Waals surface area contributed by atoms with Gasteiger partial charge in [-0.05, 0) is 42.1 Å². The standard InChI is InChI=1S/C19H19N3O5S/c1-11-20-19(27-22-11)18-13(7-8-28-18)21-16(23)6-5-12-9-14(24-2)17(26-4)15(10-12)25-3/h5-10H,1-4H3,(H,21,23)/b6-5+. The van der Waals surface area contributed by atoms with Crippen LogP contribution in [-0.2, 0) is 4.79 Å². The quantitative estimate of drug-likeness (QED) is 0.602. The van der Waals surface area contributed by atoms with Crippen LogP contribution in [0.2, 0.25) is 0 Å². The van der Waals surface area contributed by atoms with E-state index in [9.17, 15) is 4.79 Å². The molecule has 3 rings (SSSR count). The number of nitrogens with one attached hydrogen (secondary N) is 1. The van der Waals surface area contributed by atoms with Gasteiger partial charge in [-0.1, -0.05) is 5.16 Å². The lowest BCUT2D eigenvalue weighted by atomic mass is 10.1. The van der Waals surface area contributed by atoms with Crippen LogP contribution in [0.15, 0.2) is 34.2 Å². The number of carbonyl (C=O) groups is 1. The van der Waals surface area contributed by atoms with Gasteiger partial charge in [-0.25, -0.2) is 0 Å². The molecule has 146 valence electrons. The monoisotopic (exact) mass is 401 g/mol. The summed E-state index contributed by atoms with van der Waals surface area (Å²) in [5.74, 6) is 2.11. The van der Waals surface area contributed by atoms with Crippen LogP contribution in [0.25, 0.3) is 16.8 Å². The van der Waals surface area contributed by atoms with E-state index in [1.54, 1.807) is 31.2 Å². The second kappa shape index (κ2) is 8.57. The average molecular weight is 401 g/mol. The number of benzene rings is 1. The number of hydrogen-bond donors (Lipinski definition) is 1. The molecule has 28 heavy (non-hydrogen) atoms. The first-order chi connectivity index (χ1) is 13.5. The summed E-state index contributed by atoms with van der Waals surface area (Å²) >= 11 is 1.40. The Bertz CT molecular complexity index is 984. The van der Waals surface area contributed by atoms with E-state index < -0.39 is 0 Å². The molecule has 2 aromatic heterocycles. The van der Waals surface area contributed by atoms with E-state index in [0.29, 0.717) is 39.5 Å². The zero-order chi connectivity index (χ0) is 20.1. The molecule has 0 radical (unpaired) electrons. The van der Waals surface area contributed by atoms with Crippen LogP contribution in [0.3, 0.4) is 0 Å². The van der Waals surface area contributed by atoms with Gasteiger partial charge in [-0.2, -0.15) is 4.98 Å². The number of nitrogens with zero attached hydrogens (tertiary/aromatic N) is 2. The molecule has 8 nitrogen and oxygen atoms in total. The third kappa shape index (κ3) is 4.15. The largest absolute Gasteiger partial charge is 0.493 e. The summed E-state index contributed by atoms with van der Waals surface area (Å²) in [6.07, 6.45) is 3.07. The summed E-state index contributed by atoms with van der Waals surface area (Å²) in [6, 6.07) is 5.29. The zero-order valence-electron chi connectivity index (χ0n) is 15.8. The number of anilines is 1. The Labute approximate surface area is 165 Å². The fraction of sp³-hybridized carbons (Fsp3) is 0.211. The van der Waals surface area contributed by atoms with Crippen LogP contribution in [0.1, 0.15) is 11.4 Å². The normalized spacial score (nSPS) is 10.9. The van der Waals surface area contributed by atoms with E-state index in [1.807, 2.05) is 5.38 Å². The van der Waals surface area contributed by atoms with Gasteiger partial charge in [0.1, 0.15) is 4.88 Å². The Balaban J connectivity index is 1.77. The fourth-order valence-corrected chi connectivity index (χ4v) is 3.28. The van der Waals surface area contributed by atoms with Gasteiger partial charge < -0.3 is 24.1 Å². The molecule has 3 aromatic rings. The van der Waals surface area contributed by atoms with Gasteiger partial charge in [0.25, 0.3) is 5.89 Å². The zero-order valence-corrected chi connectivity index (χ0v) is 16.6. The highest BCUT2D eigenvalue weighted by Gasteiger charge is 2.15. The van der Waals surface area contributed by atoms with Crippen molar-refractivity contribution in [1.29, 1.82) is 0 Å². The van der Waals surface area contributed by atoms with Gasteiger partial charge in [0.2, 0.25) is 11.7 Å². The molecule has 0 saturated carbocycles. The molecule has 0 aliphatic heterocycles. The highest BCUT2D eigenvalue weighted by molar-refractivity contribution is 7.14. The Kier molecular flexibility index (Phi) is 5.95. The van der Waals surface area contributed by atoms with Crippen molar-refractivity contribution in [1.82, 2.24) is 10.1 Å². The number of carbonyl (C=O) groups excluding carboxylic acids is 1. The third-order valence-corrected chi connectivity index (χ3v) is 4.66. The van der Waals surface area contributed by atoms with Crippen LogP contribution in [0, 0.1) is 6.92 Å². The summed E-state index contributed by atoms with van der Waals surface area (Å²) in [7, 11) is 4.61. The van der Waals surface area contributed by atoms with Crippen LogP contribution in [-0.4, -0.2) is 37.4 Å². The van der Waals surface area contributed by atoms with Gasteiger partial charge in [-0.3, -0.25) is 4.79 Å². The summed E-state index contributed by atoms with van der Waals surface area (Å²) in [6.45, 7) is 1.74. The van der Waals surface area contributed by atoms with Crippen LogP contribution in [0.5, 0.6) is 17.2 Å². The number of rotatable bonds is 7. The highest BCUT2D eigenvalue weighted by Crippen LogP contribution is 2.38. The number of aryl methyl sites for hydroxylation is 1. The fourth-order valence-electron chi connectivity index (χ4n) is 2.51. The maximum Gasteiger partial charge on any atom is 0.270 e. The Morgan fingerprint density at radius 1 is 1.18 bits per heavy atom. The first-order valence-corrected chi connectivity index (χ1v) is 9.11. The number of thiophene rings is 1. The molecule has 1 N–H and O–H groups in total. The molecule has 1 amide bonds. The van der Waals surface area contributed by atoms with E-state index >= 15 is 0 Å². The maximum atomic E-state index is 12.4. The van der Waals surface area contributed by atoms with Crippen molar-refractivity contribution in [2.45, 2.75) is 6.92 Å². The minimum absolute atomic E-state index is 0.301. The van der Waals surface area contributed by atoms with Crippen LogP contribution < -0.4 is 19.5 Å². The summed E-state index contributed by atoms with van der Waals surface area (Å²) in [5.41, 5.74) is 1.33. The molecule has 0 atom stereocenters. The smallest absolute Gasteiger partial charge is 0.270 e. The maximum absolute atomic E-state index is 12.4. The second-order valence-electron chi connectivity index (χ2n) is 5.59. The van der Waals surface area contributed by atoms with Crippen molar-refractivity contribution in [3.63, 3.8) is 0 Å². The average Bonchev–Trinajstić information content (AvgIpc) is 3.33. The van der Waals surface area contributed by atoms with Gasteiger partial charge >= 0.3 is 0 Å². The summed E-state index contributed by atoms with van der Waals surface area (Å²) in [4.78, 5) is 17.3. The first kappa shape index (κ1) is 19.4. The Morgan fingerprint density at radius 2 is 1.89 bits per heavy atom. The van der Waals surface area contributed by atoms with Gasteiger partial charge in [0.05, 0.1) is 27.0 Å². The molecule has 2 heterocycles. The van der Waals surface area contributed by atoms with E-state index in [-0.39, 0.29) is 5.91 Å². The van der Waals surface area contributed by atoms with Crippen LogP contribution >= 0.6 is 11.3 Å². The summed E-state index contributed by atoms with van der Waals surface area (Å²) < 4.78 is 21.1. The Hall–Kier alpha value is -3.33. The van der Waals surface area contributed by atoms with E-state index in [4.69, 9.17) is 18.7 Å². The second-order valence-corrected chi connectivity index (χ2v) is 6.51. The number of ether oxygens (including phenoxy) is 3. The van der Waals surface area contributed by atoms with Gasteiger partial charge in [-0.15, -0.1) is 11.3 Å². The predicted octanol–water partition coefficient (Wildman–Crippen LogP) is 3.78. The molecular weight excluding hydrogens is 382 g/mol. The van der Waals surface area contributed by atoms with Crippen molar-refractivity contribution in [2.24, 2.45) is 0 Å². The van der Waals surface area contributed by atoms with Gasteiger partial charge in [0.15, 0.2) is 17.3 Å². The highest BCUT2D eigenvalue weighted by atomic mass is 32.1. The predicted molar refractivity (Wildman–Crippen MR) is 106 cm³/mol. The molecule has 0 fully saturated rings. The molecule has 1 aromatic carbocycles. The third-order valence-electron chi connectivity index (χ3n) is 3.76. The number of hydrogen-bond acceptors (Lipinski definition) is 8. The topological polar surface area (TPSA) is 95.7 Å².